The second-order valence-electron chi connectivity index (χ2n) is 5.17. The molecule has 1 aliphatic heterocycles. The lowest BCUT2D eigenvalue weighted by Crippen LogP contribution is -2.47. The van der Waals surface area contributed by atoms with Crippen molar-refractivity contribution >= 4 is 34.5 Å². The highest BCUT2D eigenvalue weighted by atomic mass is 35.5. The number of aliphatic hydroxyl groups excluding tert-OH is 3. The zero-order chi connectivity index (χ0) is 16.7. The molecule has 3 rings (SSSR count). The molecule has 1 fully saturated rings. The Bertz CT molecular complexity index is 738. The molecule has 3 heterocycles. The fraction of sp³-hybridized carbons (Fsp3) is 0.462. The number of hydrogen-bond acceptors (Lipinski definition) is 7. The number of fused-ring (bicyclic) bond motifs is 1. The van der Waals surface area contributed by atoms with Crippen molar-refractivity contribution in [3.63, 3.8) is 0 Å². The van der Waals surface area contributed by atoms with Crippen molar-refractivity contribution in [1.82, 2.24) is 15.0 Å². The molecule has 4 N–H and O–H groups in total. The van der Waals surface area contributed by atoms with E-state index in [2.05, 4.69) is 15.0 Å². The van der Waals surface area contributed by atoms with E-state index in [1.807, 2.05) is 0 Å². The lowest BCUT2D eigenvalue weighted by Gasteiger charge is -2.27. The fourth-order valence-electron chi connectivity index (χ4n) is 2.53. The van der Waals surface area contributed by atoms with Gasteiger partial charge in [-0.2, -0.15) is 9.97 Å². The Morgan fingerprint density at radius 3 is 2.78 bits per heavy atom. The van der Waals surface area contributed by atoms with Gasteiger partial charge in [0.1, 0.15) is 29.1 Å². The maximum absolute atomic E-state index is 12.0. The topological polar surface area (TPSA) is 132 Å². The summed E-state index contributed by atoms with van der Waals surface area (Å²) in [4.78, 5) is 24.1. The van der Waals surface area contributed by atoms with E-state index in [0.29, 0.717) is 11.0 Å². The standard InChI is InChI=1S/C13H15ClN4O5/c1-5(20)18(12-9(22)8(21)7(4-19)23-12)13-16-10(14)6-2-3-15-11(6)17-13/h2-3,7-9,12,19,21-22H,4H2,1H3,(H,15,16,17). The Balaban J connectivity index is 2.03. The Kier molecular flexibility index (Phi) is 4.21. The molecule has 1 saturated heterocycles. The number of H-pyrrole nitrogens is 1. The van der Waals surface area contributed by atoms with E-state index >= 15 is 0 Å². The minimum Gasteiger partial charge on any atom is -0.394 e. The zero-order valence-electron chi connectivity index (χ0n) is 12.0. The number of aromatic amines is 1. The van der Waals surface area contributed by atoms with Crippen molar-refractivity contribution in [3.05, 3.63) is 17.4 Å². The molecule has 1 aliphatic rings. The van der Waals surface area contributed by atoms with Gasteiger partial charge in [0.25, 0.3) is 0 Å². The number of hydrogen-bond donors (Lipinski definition) is 4. The molecule has 2 aromatic heterocycles. The number of carbonyl (C=O) groups is 1. The van der Waals surface area contributed by atoms with Crippen molar-refractivity contribution in [1.29, 1.82) is 0 Å². The Morgan fingerprint density at radius 1 is 1.43 bits per heavy atom. The number of aromatic nitrogens is 3. The molecule has 9 nitrogen and oxygen atoms in total. The summed E-state index contributed by atoms with van der Waals surface area (Å²) in [7, 11) is 0. The Labute approximate surface area is 135 Å². The van der Waals surface area contributed by atoms with Crippen LogP contribution in [0.2, 0.25) is 5.15 Å². The zero-order valence-corrected chi connectivity index (χ0v) is 12.8. The van der Waals surface area contributed by atoms with E-state index in [9.17, 15) is 15.0 Å². The van der Waals surface area contributed by atoms with Crippen LogP contribution in [0.25, 0.3) is 11.0 Å². The summed E-state index contributed by atoms with van der Waals surface area (Å²) >= 11 is 6.08. The summed E-state index contributed by atoms with van der Waals surface area (Å²) in [5.74, 6) is -0.589. The van der Waals surface area contributed by atoms with Crippen molar-refractivity contribution in [2.75, 3.05) is 11.5 Å². The molecule has 23 heavy (non-hydrogen) atoms. The normalized spacial score (nSPS) is 27.5. The van der Waals surface area contributed by atoms with Gasteiger partial charge in [-0.05, 0) is 6.07 Å². The van der Waals surface area contributed by atoms with E-state index in [0.717, 1.165) is 4.90 Å². The van der Waals surface area contributed by atoms with Crippen LogP contribution in [-0.4, -0.2) is 67.3 Å². The second kappa shape index (κ2) is 6.02. The summed E-state index contributed by atoms with van der Waals surface area (Å²) in [6.07, 6.45) is -3.38. The van der Waals surface area contributed by atoms with E-state index in [4.69, 9.17) is 21.4 Å². The Hall–Kier alpha value is -1.78. The van der Waals surface area contributed by atoms with Gasteiger partial charge in [-0.25, -0.2) is 0 Å². The highest BCUT2D eigenvalue weighted by molar-refractivity contribution is 6.34. The quantitative estimate of drug-likeness (QED) is 0.548. The molecular formula is C13H15ClN4O5. The van der Waals surface area contributed by atoms with Crippen molar-refractivity contribution in [3.8, 4) is 0 Å². The smallest absolute Gasteiger partial charge is 0.237 e. The first kappa shape index (κ1) is 16.1. The van der Waals surface area contributed by atoms with Gasteiger partial charge in [-0.1, -0.05) is 11.6 Å². The number of carbonyl (C=O) groups excluding carboxylic acids is 1. The molecular weight excluding hydrogens is 328 g/mol. The first-order valence-electron chi connectivity index (χ1n) is 6.87. The van der Waals surface area contributed by atoms with Crippen LogP contribution in [0.5, 0.6) is 0 Å². The minimum absolute atomic E-state index is 0.0766. The Morgan fingerprint density at radius 2 is 2.17 bits per heavy atom. The maximum Gasteiger partial charge on any atom is 0.237 e. The van der Waals surface area contributed by atoms with E-state index in [1.54, 1.807) is 12.3 Å². The lowest BCUT2D eigenvalue weighted by atomic mass is 10.1. The van der Waals surface area contributed by atoms with E-state index < -0.39 is 37.1 Å². The average molecular weight is 343 g/mol. The van der Waals surface area contributed by atoms with E-state index in [1.165, 1.54) is 6.92 Å². The highest BCUT2D eigenvalue weighted by Gasteiger charge is 2.47. The number of halogens is 1. The third-order valence-corrected chi connectivity index (χ3v) is 3.97. The monoisotopic (exact) mass is 342 g/mol. The van der Waals surface area contributed by atoms with Gasteiger partial charge >= 0.3 is 0 Å². The molecule has 4 atom stereocenters. The largest absolute Gasteiger partial charge is 0.394 e. The molecule has 0 spiro atoms. The first-order chi connectivity index (χ1) is 10.9. The summed E-state index contributed by atoms with van der Waals surface area (Å²) in [6.45, 7) is 0.739. The van der Waals surface area contributed by atoms with Gasteiger partial charge in [-0.15, -0.1) is 0 Å². The summed E-state index contributed by atoms with van der Waals surface area (Å²) in [5, 5.41) is 29.8. The van der Waals surface area contributed by atoms with Crippen LogP contribution >= 0.6 is 11.6 Å². The van der Waals surface area contributed by atoms with Crippen LogP contribution < -0.4 is 4.90 Å². The summed E-state index contributed by atoms with van der Waals surface area (Å²) in [5.41, 5.74) is 0.415. The molecule has 0 aliphatic carbocycles. The van der Waals surface area contributed by atoms with Crippen molar-refractivity contribution in [2.45, 2.75) is 31.5 Å². The molecule has 2 aromatic rings. The van der Waals surface area contributed by atoms with Gasteiger partial charge in [0.2, 0.25) is 11.9 Å². The molecule has 124 valence electrons. The molecule has 10 heteroatoms. The molecule has 0 saturated carbocycles. The minimum atomic E-state index is -1.42. The number of nitrogens with zero attached hydrogens (tertiary/aromatic N) is 3. The van der Waals surface area contributed by atoms with Crippen LogP contribution in [0.1, 0.15) is 6.92 Å². The molecule has 0 bridgehead atoms. The number of ether oxygens (including phenoxy) is 1. The third kappa shape index (κ3) is 2.66. The predicted octanol–water partition coefficient (Wildman–Crippen LogP) is -0.597. The fourth-order valence-corrected chi connectivity index (χ4v) is 2.76. The summed E-state index contributed by atoms with van der Waals surface area (Å²) in [6, 6.07) is 1.69. The first-order valence-corrected chi connectivity index (χ1v) is 7.24. The molecule has 0 aromatic carbocycles. The van der Waals surface area contributed by atoms with Crippen LogP contribution in [0.15, 0.2) is 12.3 Å². The molecule has 1 amide bonds. The lowest BCUT2D eigenvalue weighted by molar-refractivity contribution is -0.120. The van der Waals surface area contributed by atoms with Gasteiger partial charge in [0, 0.05) is 13.1 Å². The summed E-state index contributed by atoms with van der Waals surface area (Å²) < 4.78 is 5.37. The average Bonchev–Trinajstić information content (AvgIpc) is 3.07. The van der Waals surface area contributed by atoms with Gasteiger partial charge < -0.3 is 25.0 Å². The SMILES string of the molecule is CC(=O)N(c1nc(Cl)c2cc[nH]c2n1)C1OC(CO)C(O)C1O. The predicted molar refractivity (Wildman–Crippen MR) is 79.8 cm³/mol. The number of amides is 1. The number of rotatable bonds is 3. The van der Waals surface area contributed by atoms with Crippen LogP contribution in [-0.2, 0) is 9.53 Å². The third-order valence-electron chi connectivity index (χ3n) is 3.68. The number of anilines is 1. The number of nitrogens with one attached hydrogen (secondary N) is 1. The van der Waals surface area contributed by atoms with Crippen molar-refractivity contribution < 1.29 is 24.9 Å². The van der Waals surface area contributed by atoms with Crippen LogP contribution in [0.4, 0.5) is 5.95 Å². The van der Waals surface area contributed by atoms with Gasteiger partial charge in [0.05, 0.1) is 12.0 Å². The maximum atomic E-state index is 12.0. The van der Waals surface area contributed by atoms with E-state index in [-0.39, 0.29) is 11.1 Å². The second-order valence-corrected chi connectivity index (χ2v) is 5.53. The molecule has 4 unspecified atom stereocenters. The van der Waals surface area contributed by atoms with Gasteiger partial charge in [0.15, 0.2) is 6.23 Å². The van der Waals surface area contributed by atoms with Crippen LogP contribution in [0.3, 0.4) is 0 Å². The molecule has 0 radical (unpaired) electrons. The number of aliphatic hydroxyl groups is 3. The highest BCUT2D eigenvalue weighted by Crippen LogP contribution is 2.29. The van der Waals surface area contributed by atoms with Crippen LogP contribution in [0, 0.1) is 0 Å². The van der Waals surface area contributed by atoms with Crippen molar-refractivity contribution in [2.24, 2.45) is 0 Å². The van der Waals surface area contributed by atoms with Gasteiger partial charge in [-0.3, -0.25) is 9.69 Å².